The summed E-state index contributed by atoms with van der Waals surface area (Å²) in [6, 6.07) is 15.0. The lowest BCUT2D eigenvalue weighted by atomic mass is 10.2. The molecule has 0 N–H and O–H groups in total. The SMILES string of the molecule is Cc1ccc(OC(=S)N(C(=S)N(C)C)c2ccc(Cl)cc2)cc1. The van der Waals surface area contributed by atoms with Crippen molar-refractivity contribution in [3.05, 3.63) is 59.1 Å². The summed E-state index contributed by atoms with van der Waals surface area (Å²) in [7, 11) is 3.72. The van der Waals surface area contributed by atoms with Crippen molar-refractivity contribution in [2.45, 2.75) is 6.92 Å². The second kappa shape index (κ2) is 7.73. The van der Waals surface area contributed by atoms with Gasteiger partial charge in [0.15, 0.2) is 5.11 Å². The average Bonchev–Trinajstić information content (AvgIpc) is 2.51. The topological polar surface area (TPSA) is 15.7 Å². The molecule has 23 heavy (non-hydrogen) atoms. The Hall–Kier alpha value is -1.69. The van der Waals surface area contributed by atoms with Gasteiger partial charge in [-0.15, -0.1) is 0 Å². The summed E-state index contributed by atoms with van der Waals surface area (Å²) in [5, 5.41) is 1.44. The summed E-state index contributed by atoms with van der Waals surface area (Å²) >= 11 is 16.9. The molecule has 120 valence electrons. The fraction of sp³-hybridized carbons (Fsp3) is 0.176. The molecule has 6 heteroatoms. The van der Waals surface area contributed by atoms with Crippen LogP contribution in [0.5, 0.6) is 5.75 Å². The van der Waals surface area contributed by atoms with Gasteiger partial charge in [0.25, 0.3) is 5.17 Å². The van der Waals surface area contributed by atoms with Crippen LogP contribution in [0, 0.1) is 6.92 Å². The van der Waals surface area contributed by atoms with E-state index in [4.69, 9.17) is 40.8 Å². The maximum absolute atomic E-state index is 5.96. The van der Waals surface area contributed by atoms with Gasteiger partial charge in [-0.05, 0) is 67.8 Å². The van der Waals surface area contributed by atoms with E-state index in [9.17, 15) is 0 Å². The summed E-state index contributed by atoms with van der Waals surface area (Å²) in [6.45, 7) is 2.02. The fourth-order valence-corrected chi connectivity index (χ4v) is 2.50. The van der Waals surface area contributed by atoms with Gasteiger partial charge >= 0.3 is 0 Å². The van der Waals surface area contributed by atoms with Gasteiger partial charge in [-0.2, -0.15) is 0 Å². The van der Waals surface area contributed by atoms with Crippen molar-refractivity contribution in [2.75, 3.05) is 19.0 Å². The van der Waals surface area contributed by atoms with Crippen LogP contribution in [0.25, 0.3) is 0 Å². The van der Waals surface area contributed by atoms with Crippen molar-refractivity contribution in [2.24, 2.45) is 0 Å². The van der Waals surface area contributed by atoms with Crippen LogP contribution in [0.1, 0.15) is 5.56 Å². The Morgan fingerprint density at radius 3 is 2.04 bits per heavy atom. The summed E-state index contributed by atoms with van der Waals surface area (Å²) in [5.74, 6) is 0.668. The van der Waals surface area contributed by atoms with E-state index in [2.05, 4.69) is 0 Å². The van der Waals surface area contributed by atoms with E-state index in [0.29, 0.717) is 15.9 Å². The lowest BCUT2D eigenvalue weighted by Crippen LogP contribution is -2.44. The zero-order valence-corrected chi connectivity index (χ0v) is 15.5. The maximum Gasteiger partial charge on any atom is 0.275 e. The number of aryl methyl sites for hydroxylation is 1. The van der Waals surface area contributed by atoms with Crippen LogP contribution in [0.3, 0.4) is 0 Å². The monoisotopic (exact) mass is 364 g/mol. The molecule has 0 saturated carbocycles. The second-order valence-electron chi connectivity index (χ2n) is 5.17. The molecule has 3 nitrogen and oxygen atoms in total. The number of rotatable bonds is 2. The van der Waals surface area contributed by atoms with Crippen LogP contribution in [0.4, 0.5) is 5.69 Å². The lowest BCUT2D eigenvalue weighted by Gasteiger charge is -2.28. The van der Waals surface area contributed by atoms with Crippen LogP contribution in [0.2, 0.25) is 5.02 Å². The van der Waals surface area contributed by atoms with Crippen molar-refractivity contribution in [1.29, 1.82) is 0 Å². The minimum Gasteiger partial charge on any atom is -0.431 e. The smallest absolute Gasteiger partial charge is 0.275 e. The van der Waals surface area contributed by atoms with Crippen molar-refractivity contribution in [3.8, 4) is 5.75 Å². The highest BCUT2D eigenvalue weighted by Crippen LogP contribution is 2.22. The first kappa shape index (κ1) is 17.7. The van der Waals surface area contributed by atoms with E-state index in [-0.39, 0.29) is 5.17 Å². The molecule has 0 spiro atoms. The number of hydrogen-bond donors (Lipinski definition) is 0. The summed E-state index contributed by atoms with van der Waals surface area (Å²) < 4.78 is 5.80. The molecule has 0 aliphatic rings. The van der Waals surface area contributed by atoms with E-state index in [0.717, 1.165) is 11.3 Å². The molecule has 2 rings (SSSR count). The molecule has 0 fully saturated rings. The fourth-order valence-electron chi connectivity index (χ4n) is 1.84. The summed E-state index contributed by atoms with van der Waals surface area (Å²) in [4.78, 5) is 3.50. The van der Waals surface area contributed by atoms with E-state index < -0.39 is 0 Å². The molecule has 2 aromatic carbocycles. The first-order valence-electron chi connectivity index (χ1n) is 6.94. The van der Waals surface area contributed by atoms with E-state index in [1.165, 1.54) is 0 Å². The van der Waals surface area contributed by atoms with Crippen molar-refractivity contribution in [3.63, 3.8) is 0 Å². The van der Waals surface area contributed by atoms with Gasteiger partial charge in [-0.3, -0.25) is 0 Å². The van der Waals surface area contributed by atoms with Crippen LogP contribution in [-0.4, -0.2) is 29.3 Å². The Morgan fingerprint density at radius 2 is 1.52 bits per heavy atom. The first-order valence-corrected chi connectivity index (χ1v) is 8.13. The highest BCUT2D eigenvalue weighted by atomic mass is 35.5. The molecular weight excluding hydrogens is 348 g/mol. The van der Waals surface area contributed by atoms with Gasteiger partial charge in [-0.1, -0.05) is 29.3 Å². The number of hydrogen-bond acceptors (Lipinski definition) is 3. The number of halogens is 1. The molecule has 0 radical (unpaired) electrons. The number of benzene rings is 2. The molecule has 0 aliphatic carbocycles. The molecule has 0 aromatic heterocycles. The molecule has 0 heterocycles. The standard InChI is InChI=1S/C17H17ClN2OS2/c1-12-4-10-15(11-5-12)21-17(23)20(16(22)19(2)3)14-8-6-13(18)7-9-14/h4-11H,1-3H3. The Bertz CT molecular complexity index is 700. The quantitative estimate of drug-likeness (QED) is 0.717. The molecule has 0 unspecified atom stereocenters. The zero-order chi connectivity index (χ0) is 17.0. The van der Waals surface area contributed by atoms with E-state index in [1.54, 1.807) is 21.9 Å². The van der Waals surface area contributed by atoms with Crippen LogP contribution < -0.4 is 9.64 Å². The molecule has 2 aromatic rings. The summed E-state index contributed by atoms with van der Waals surface area (Å²) in [5.41, 5.74) is 1.95. The molecule has 0 atom stereocenters. The van der Waals surface area contributed by atoms with Gasteiger partial charge in [0.1, 0.15) is 5.75 Å². The molecular formula is C17H17ClN2OS2. The van der Waals surface area contributed by atoms with Gasteiger partial charge in [0, 0.05) is 19.1 Å². The predicted octanol–water partition coefficient (Wildman–Crippen LogP) is 4.67. The van der Waals surface area contributed by atoms with Crippen molar-refractivity contribution in [1.82, 2.24) is 4.90 Å². The highest BCUT2D eigenvalue weighted by Gasteiger charge is 2.20. The van der Waals surface area contributed by atoms with Gasteiger partial charge < -0.3 is 9.64 Å². The minimum atomic E-state index is 0.259. The summed E-state index contributed by atoms with van der Waals surface area (Å²) in [6.07, 6.45) is 0. The van der Waals surface area contributed by atoms with Gasteiger partial charge in [-0.25, -0.2) is 4.90 Å². The van der Waals surface area contributed by atoms with Crippen LogP contribution >= 0.6 is 36.0 Å². The van der Waals surface area contributed by atoms with Crippen LogP contribution in [0.15, 0.2) is 48.5 Å². The largest absolute Gasteiger partial charge is 0.431 e. The van der Waals surface area contributed by atoms with Crippen LogP contribution in [-0.2, 0) is 0 Å². The molecule has 0 bridgehead atoms. The number of nitrogens with zero attached hydrogens (tertiary/aromatic N) is 2. The minimum absolute atomic E-state index is 0.259. The van der Waals surface area contributed by atoms with Gasteiger partial charge in [0.05, 0.1) is 5.69 Å². The van der Waals surface area contributed by atoms with Gasteiger partial charge in [0.2, 0.25) is 0 Å². The van der Waals surface area contributed by atoms with Crippen molar-refractivity contribution < 1.29 is 4.74 Å². The van der Waals surface area contributed by atoms with E-state index in [1.807, 2.05) is 57.4 Å². The molecule has 0 saturated heterocycles. The maximum atomic E-state index is 5.96. The first-order chi connectivity index (χ1) is 10.9. The average molecular weight is 365 g/mol. The van der Waals surface area contributed by atoms with E-state index >= 15 is 0 Å². The van der Waals surface area contributed by atoms with Crippen molar-refractivity contribution >= 4 is 52.0 Å². The third-order valence-electron chi connectivity index (χ3n) is 3.07. The molecule has 0 aliphatic heterocycles. The second-order valence-corrected chi connectivity index (χ2v) is 6.32. The Kier molecular flexibility index (Phi) is 5.93. The number of ether oxygens (including phenoxy) is 1. The normalized spacial score (nSPS) is 10.1. The Balaban J connectivity index is 2.29. The zero-order valence-electron chi connectivity index (χ0n) is 13.1. The number of thiocarbonyl (C=S) groups is 2. The highest BCUT2D eigenvalue weighted by molar-refractivity contribution is 7.82. The predicted molar refractivity (Wildman–Crippen MR) is 105 cm³/mol. The Labute approximate surface area is 152 Å². The Morgan fingerprint density at radius 1 is 0.957 bits per heavy atom. The third kappa shape index (κ3) is 4.64. The third-order valence-corrected chi connectivity index (χ3v) is 4.13. The molecule has 0 amide bonds. The lowest BCUT2D eigenvalue weighted by molar-refractivity contribution is 0.549. The number of anilines is 1.